The third kappa shape index (κ3) is 5.20. The van der Waals surface area contributed by atoms with Gasteiger partial charge in [0.25, 0.3) is 0 Å². The van der Waals surface area contributed by atoms with Crippen LogP contribution in [0.4, 0.5) is 5.69 Å². The number of nitrogens with two attached hydrogens (primary N) is 1. The van der Waals surface area contributed by atoms with E-state index in [0.29, 0.717) is 17.5 Å². The molecule has 8 aromatic carbocycles. The zero-order valence-electron chi connectivity index (χ0n) is 30.8. The molecule has 0 radical (unpaired) electrons. The lowest BCUT2D eigenvalue weighted by Gasteiger charge is -2.39. The lowest BCUT2D eigenvalue weighted by molar-refractivity contribution is 0.436. The number of anilines is 1. The fourth-order valence-corrected chi connectivity index (χ4v) is 8.77. The summed E-state index contributed by atoms with van der Waals surface area (Å²) in [4.78, 5) is 14.9. The molecule has 2 heterocycles. The summed E-state index contributed by atoms with van der Waals surface area (Å²) in [6, 6.07) is 67.5. The average molecular weight is 731 g/mol. The van der Waals surface area contributed by atoms with E-state index >= 15 is 0 Å². The SMILES string of the molecule is Nc1ccc(-c2cc3c(cc2-c2ccc(-c4nc(-c5ccccc5)nc(-c5ccccc5)n4)cc2)-c2ccccc2C32c3ccccc3Oc3ccccc32)cc1. The Kier molecular flexibility index (Phi) is 7.47. The summed E-state index contributed by atoms with van der Waals surface area (Å²) in [6.07, 6.45) is 0. The van der Waals surface area contributed by atoms with Crippen LogP contribution in [-0.4, -0.2) is 15.0 Å². The van der Waals surface area contributed by atoms with Gasteiger partial charge in [0.1, 0.15) is 11.5 Å². The summed E-state index contributed by atoms with van der Waals surface area (Å²) in [5, 5.41) is 0. The molecule has 5 heteroatoms. The van der Waals surface area contributed by atoms with E-state index in [-0.39, 0.29) is 0 Å². The van der Waals surface area contributed by atoms with Crippen LogP contribution in [0.5, 0.6) is 11.5 Å². The van der Waals surface area contributed by atoms with Crippen LogP contribution in [0.15, 0.2) is 194 Å². The monoisotopic (exact) mass is 730 g/mol. The van der Waals surface area contributed by atoms with Crippen molar-refractivity contribution in [3.05, 3.63) is 216 Å². The number of para-hydroxylation sites is 2. The first kappa shape index (κ1) is 32.8. The van der Waals surface area contributed by atoms with Crippen molar-refractivity contribution >= 4 is 5.69 Å². The van der Waals surface area contributed by atoms with E-state index in [2.05, 4.69) is 121 Å². The standard InChI is InChI=1S/C52H34N4O/c53-38-29-27-34(28-30-38)41-32-46-42(39-17-7-8-18-43(39)52(46)44-19-9-11-21-47(44)57-48-22-12-10-20-45(48)52)31-40(41)33-23-25-37(26-24-33)51-55-49(35-13-3-1-4-14-35)54-50(56-51)36-15-5-2-6-16-36/h1-32H,53H2. The Balaban J connectivity index is 1.12. The Morgan fingerprint density at radius 3 is 1.32 bits per heavy atom. The highest BCUT2D eigenvalue weighted by Crippen LogP contribution is 2.63. The lowest BCUT2D eigenvalue weighted by atomic mass is 9.65. The van der Waals surface area contributed by atoms with Gasteiger partial charge < -0.3 is 10.5 Å². The Bertz CT molecular complexity index is 2880. The highest BCUT2D eigenvalue weighted by molar-refractivity contribution is 5.96. The summed E-state index contributed by atoms with van der Waals surface area (Å²) < 4.78 is 6.60. The predicted octanol–water partition coefficient (Wildman–Crippen LogP) is 12.3. The van der Waals surface area contributed by atoms with Gasteiger partial charge in [0.15, 0.2) is 17.5 Å². The van der Waals surface area contributed by atoms with E-state index in [9.17, 15) is 0 Å². The van der Waals surface area contributed by atoms with Crippen molar-refractivity contribution in [2.24, 2.45) is 0 Å². The van der Waals surface area contributed by atoms with E-state index < -0.39 is 5.41 Å². The van der Waals surface area contributed by atoms with Gasteiger partial charge in [0, 0.05) is 33.5 Å². The van der Waals surface area contributed by atoms with E-state index in [1.54, 1.807) is 0 Å². The molecule has 0 atom stereocenters. The summed E-state index contributed by atoms with van der Waals surface area (Å²) in [6.45, 7) is 0. The van der Waals surface area contributed by atoms with Crippen LogP contribution in [0, 0.1) is 0 Å². The van der Waals surface area contributed by atoms with E-state index in [0.717, 1.165) is 67.3 Å². The number of hydrogen-bond acceptors (Lipinski definition) is 5. The van der Waals surface area contributed by atoms with E-state index in [4.69, 9.17) is 25.4 Å². The number of rotatable bonds is 5. The minimum absolute atomic E-state index is 0.575. The Morgan fingerprint density at radius 2 is 0.754 bits per heavy atom. The van der Waals surface area contributed by atoms with Crippen LogP contribution in [0.25, 0.3) is 67.5 Å². The number of hydrogen-bond donors (Lipinski definition) is 1. The molecule has 0 bridgehead atoms. The van der Waals surface area contributed by atoms with Gasteiger partial charge in [-0.05, 0) is 80.9 Å². The molecule has 0 saturated carbocycles. The zero-order chi connectivity index (χ0) is 37.9. The van der Waals surface area contributed by atoms with Gasteiger partial charge in [0.2, 0.25) is 0 Å². The van der Waals surface area contributed by atoms with Crippen LogP contribution >= 0.6 is 0 Å². The van der Waals surface area contributed by atoms with E-state index in [1.165, 1.54) is 22.3 Å². The predicted molar refractivity (Wildman–Crippen MR) is 229 cm³/mol. The molecule has 9 aromatic rings. The molecule has 1 spiro atoms. The van der Waals surface area contributed by atoms with Gasteiger partial charge in [-0.3, -0.25) is 0 Å². The molecule has 11 rings (SSSR count). The molecule has 2 aliphatic rings. The second-order valence-electron chi connectivity index (χ2n) is 14.6. The van der Waals surface area contributed by atoms with Crippen LogP contribution in [-0.2, 0) is 5.41 Å². The highest BCUT2D eigenvalue weighted by Gasteiger charge is 2.51. The van der Waals surface area contributed by atoms with Crippen molar-refractivity contribution in [2.45, 2.75) is 5.41 Å². The molecule has 1 aromatic heterocycles. The van der Waals surface area contributed by atoms with Crippen molar-refractivity contribution in [1.29, 1.82) is 0 Å². The van der Waals surface area contributed by atoms with Gasteiger partial charge in [-0.25, -0.2) is 15.0 Å². The first-order valence-corrected chi connectivity index (χ1v) is 19.1. The number of nitrogen functional groups attached to an aromatic ring is 1. The fourth-order valence-electron chi connectivity index (χ4n) is 8.77. The molecule has 0 fully saturated rings. The molecule has 268 valence electrons. The number of fused-ring (bicyclic) bond motifs is 9. The zero-order valence-corrected chi connectivity index (χ0v) is 30.8. The summed E-state index contributed by atoms with van der Waals surface area (Å²) in [5.74, 6) is 3.64. The molecule has 0 unspecified atom stereocenters. The maximum absolute atomic E-state index is 6.60. The first-order chi connectivity index (χ1) is 28.1. The summed E-state index contributed by atoms with van der Waals surface area (Å²) in [7, 11) is 0. The largest absolute Gasteiger partial charge is 0.457 e. The summed E-state index contributed by atoms with van der Waals surface area (Å²) >= 11 is 0. The van der Waals surface area contributed by atoms with Crippen molar-refractivity contribution in [3.63, 3.8) is 0 Å². The van der Waals surface area contributed by atoms with Crippen molar-refractivity contribution in [3.8, 4) is 79.0 Å². The normalized spacial score (nSPS) is 12.9. The van der Waals surface area contributed by atoms with Gasteiger partial charge >= 0.3 is 0 Å². The van der Waals surface area contributed by atoms with E-state index in [1.807, 2.05) is 72.8 Å². The third-order valence-electron chi connectivity index (χ3n) is 11.4. The highest BCUT2D eigenvalue weighted by atomic mass is 16.5. The molecule has 2 N–H and O–H groups in total. The van der Waals surface area contributed by atoms with Crippen LogP contribution < -0.4 is 10.5 Å². The molecule has 0 saturated heterocycles. The molecule has 1 aliphatic heterocycles. The van der Waals surface area contributed by atoms with Gasteiger partial charge in [-0.2, -0.15) is 0 Å². The molecular formula is C52H34N4O. The minimum Gasteiger partial charge on any atom is -0.457 e. The minimum atomic E-state index is -0.575. The average Bonchev–Trinajstić information content (AvgIpc) is 3.56. The second kappa shape index (κ2) is 13.0. The van der Waals surface area contributed by atoms with Crippen molar-refractivity contribution in [2.75, 3.05) is 5.73 Å². The maximum atomic E-state index is 6.60. The fraction of sp³-hybridized carbons (Fsp3) is 0.0192. The van der Waals surface area contributed by atoms with Gasteiger partial charge in [0.05, 0.1) is 5.41 Å². The summed E-state index contributed by atoms with van der Waals surface area (Å²) in [5.41, 5.74) is 20.8. The number of aromatic nitrogens is 3. The van der Waals surface area contributed by atoms with Crippen molar-refractivity contribution < 1.29 is 4.74 Å². The number of nitrogens with zero attached hydrogens (tertiary/aromatic N) is 3. The molecule has 0 amide bonds. The van der Waals surface area contributed by atoms with Crippen LogP contribution in [0.2, 0.25) is 0 Å². The molecular weight excluding hydrogens is 697 g/mol. The molecule has 5 nitrogen and oxygen atoms in total. The lowest BCUT2D eigenvalue weighted by Crippen LogP contribution is -2.32. The smallest absolute Gasteiger partial charge is 0.164 e. The second-order valence-corrected chi connectivity index (χ2v) is 14.6. The van der Waals surface area contributed by atoms with Gasteiger partial charge in [-0.15, -0.1) is 0 Å². The topological polar surface area (TPSA) is 73.9 Å². The molecule has 57 heavy (non-hydrogen) atoms. The quantitative estimate of drug-likeness (QED) is 0.178. The Morgan fingerprint density at radius 1 is 0.333 bits per heavy atom. The van der Waals surface area contributed by atoms with Crippen LogP contribution in [0.3, 0.4) is 0 Å². The van der Waals surface area contributed by atoms with Gasteiger partial charge in [-0.1, -0.05) is 158 Å². The Hall–Kier alpha value is -7.63. The number of benzene rings is 8. The maximum Gasteiger partial charge on any atom is 0.164 e. The Labute approximate surface area is 330 Å². The van der Waals surface area contributed by atoms with Crippen LogP contribution in [0.1, 0.15) is 22.3 Å². The third-order valence-corrected chi connectivity index (χ3v) is 11.4. The first-order valence-electron chi connectivity index (χ1n) is 19.1. The van der Waals surface area contributed by atoms with Crippen molar-refractivity contribution in [1.82, 2.24) is 15.0 Å². The molecule has 1 aliphatic carbocycles. The number of ether oxygens (including phenoxy) is 1.